The molecule has 3 amide bonds. The molecule has 1 N–H and O–H groups in total. The van der Waals surface area contributed by atoms with Gasteiger partial charge in [0.1, 0.15) is 5.70 Å². The standard InChI is InChI=1S/C22H23BrN2O4/c1-4-14(2)29-19-10-7-16(12-20(19)28-3)11-18-21(26)25(22(27)24-18)13-15-5-8-17(23)9-6-15/h5-12,14H,4,13H2,1-3H3,(H,24,27)/b18-11+/t14-/m0/s1. The summed E-state index contributed by atoms with van der Waals surface area (Å²) in [6.45, 7) is 4.24. The lowest BCUT2D eigenvalue weighted by Crippen LogP contribution is -2.30. The van der Waals surface area contributed by atoms with E-state index in [9.17, 15) is 9.59 Å². The second kappa shape index (κ2) is 9.13. The largest absolute Gasteiger partial charge is 0.493 e. The minimum atomic E-state index is -0.437. The molecule has 7 heteroatoms. The third kappa shape index (κ3) is 4.98. The number of hydrogen-bond acceptors (Lipinski definition) is 4. The van der Waals surface area contributed by atoms with Crippen LogP contribution in [0.15, 0.2) is 52.6 Å². The van der Waals surface area contributed by atoms with Gasteiger partial charge in [-0.2, -0.15) is 0 Å². The Morgan fingerprint density at radius 1 is 1.14 bits per heavy atom. The van der Waals surface area contributed by atoms with Crippen LogP contribution in [0.1, 0.15) is 31.4 Å². The molecule has 2 aromatic carbocycles. The molecule has 0 bridgehead atoms. The highest BCUT2D eigenvalue weighted by Crippen LogP contribution is 2.30. The van der Waals surface area contributed by atoms with Crippen LogP contribution in [0.2, 0.25) is 0 Å². The number of ether oxygens (including phenoxy) is 2. The van der Waals surface area contributed by atoms with E-state index in [-0.39, 0.29) is 24.3 Å². The first-order valence-electron chi connectivity index (χ1n) is 9.35. The molecular weight excluding hydrogens is 436 g/mol. The van der Waals surface area contributed by atoms with Gasteiger partial charge in [-0.15, -0.1) is 0 Å². The number of methoxy groups -OCH3 is 1. The van der Waals surface area contributed by atoms with Gasteiger partial charge in [-0.1, -0.05) is 41.1 Å². The zero-order valence-electron chi connectivity index (χ0n) is 16.6. The second-order valence-electron chi connectivity index (χ2n) is 6.75. The van der Waals surface area contributed by atoms with E-state index in [0.717, 1.165) is 22.0 Å². The van der Waals surface area contributed by atoms with E-state index in [1.54, 1.807) is 25.3 Å². The number of hydrogen-bond donors (Lipinski definition) is 1. The molecule has 1 atom stereocenters. The molecule has 1 heterocycles. The lowest BCUT2D eigenvalue weighted by Gasteiger charge is -2.15. The summed E-state index contributed by atoms with van der Waals surface area (Å²) >= 11 is 3.37. The fraction of sp³-hybridized carbons (Fsp3) is 0.273. The number of benzene rings is 2. The lowest BCUT2D eigenvalue weighted by molar-refractivity contribution is -0.123. The molecule has 0 aromatic heterocycles. The van der Waals surface area contributed by atoms with Gasteiger partial charge in [0.05, 0.1) is 19.8 Å². The van der Waals surface area contributed by atoms with E-state index in [4.69, 9.17) is 9.47 Å². The Labute approximate surface area is 178 Å². The van der Waals surface area contributed by atoms with Crippen LogP contribution in [0, 0.1) is 0 Å². The Bertz CT molecular complexity index is 940. The van der Waals surface area contributed by atoms with Gasteiger partial charge in [0.2, 0.25) is 0 Å². The van der Waals surface area contributed by atoms with Crippen LogP contribution in [-0.4, -0.2) is 30.1 Å². The fourth-order valence-electron chi connectivity index (χ4n) is 2.83. The number of halogens is 1. The highest BCUT2D eigenvalue weighted by Gasteiger charge is 2.33. The molecule has 3 rings (SSSR count). The van der Waals surface area contributed by atoms with Crippen LogP contribution in [0.3, 0.4) is 0 Å². The maximum atomic E-state index is 12.7. The summed E-state index contributed by atoms with van der Waals surface area (Å²) in [5.41, 5.74) is 1.82. The van der Waals surface area contributed by atoms with Crippen molar-refractivity contribution in [3.05, 3.63) is 63.8 Å². The van der Waals surface area contributed by atoms with Crippen molar-refractivity contribution in [3.8, 4) is 11.5 Å². The molecule has 29 heavy (non-hydrogen) atoms. The van der Waals surface area contributed by atoms with Gasteiger partial charge in [-0.25, -0.2) is 4.79 Å². The number of carbonyl (C=O) groups is 2. The van der Waals surface area contributed by atoms with E-state index in [0.29, 0.717) is 11.5 Å². The van der Waals surface area contributed by atoms with Gasteiger partial charge < -0.3 is 14.8 Å². The van der Waals surface area contributed by atoms with Crippen molar-refractivity contribution < 1.29 is 19.1 Å². The SMILES string of the molecule is CC[C@H](C)Oc1ccc(/C=C2/NC(=O)N(Cc3ccc(Br)cc3)C2=O)cc1OC. The number of nitrogens with one attached hydrogen (secondary N) is 1. The van der Waals surface area contributed by atoms with E-state index in [1.165, 1.54) is 4.90 Å². The van der Waals surface area contributed by atoms with E-state index >= 15 is 0 Å². The van der Waals surface area contributed by atoms with Crippen LogP contribution in [0.5, 0.6) is 11.5 Å². The zero-order chi connectivity index (χ0) is 21.0. The average Bonchev–Trinajstić information content (AvgIpc) is 2.97. The van der Waals surface area contributed by atoms with Crippen molar-refractivity contribution in [2.24, 2.45) is 0 Å². The summed E-state index contributed by atoms with van der Waals surface area (Å²) in [4.78, 5) is 26.2. The summed E-state index contributed by atoms with van der Waals surface area (Å²) in [5, 5.41) is 2.64. The molecule has 1 aliphatic heterocycles. The minimum Gasteiger partial charge on any atom is -0.493 e. The molecular formula is C22H23BrN2O4. The Morgan fingerprint density at radius 3 is 2.52 bits per heavy atom. The quantitative estimate of drug-likeness (QED) is 0.480. The highest BCUT2D eigenvalue weighted by atomic mass is 79.9. The van der Waals surface area contributed by atoms with Crippen LogP contribution in [-0.2, 0) is 11.3 Å². The number of imide groups is 1. The summed E-state index contributed by atoms with van der Waals surface area (Å²) in [6, 6.07) is 12.5. The maximum absolute atomic E-state index is 12.7. The summed E-state index contributed by atoms with van der Waals surface area (Å²) in [5.74, 6) is 0.850. The summed E-state index contributed by atoms with van der Waals surface area (Å²) in [7, 11) is 1.57. The molecule has 0 radical (unpaired) electrons. The Balaban J connectivity index is 1.79. The summed E-state index contributed by atoms with van der Waals surface area (Å²) in [6.07, 6.45) is 2.58. The molecule has 6 nitrogen and oxygen atoms in total. The zero-order valence-corrected chi connectivity index (χ0v) is 18.2. The van der Waals surface area contributed by atoms with Crippen molar-refractivity contribution in [1.29, 1.82) is 0 Å². The molecule has 0 spiro atoms. The molecule has 152 valence electrons. The maximum Gasteiger partial charge on any atom is 0.329 e. The van der Waals surface area contributed by atoms with Crippen molar-refractivity contribution >= 4 is 33.9 Å². The van der Waals surface area contributed by atoms with Crippen molar-refractivity contribution in [2.75, 3.05) is 7.11 Å². The predicted molar refractivity (Wildman–Crippen MR) is 115 cm³/mol. The van der Waals surface area contributed by atoms with Crippen LogP contribution < -0.4 is 14.8 Å². The smallest absolute Gasteiger partial charge is 0.329 e. The third-order valence-electron chi connectivity index (χ3n) is 4.62. The molecule has 2 aromatic rings. The van der Waals surface area contributed by atoms with Gasteiger partial charge in [-0.3, -0.25) is 9.69 Å². The van der Waals surface area contributed by atoms with Crippen molar-refractivity contribution in [3.63, 3.8) is 0 Å². The topological polar surface area (TPSA) is 67.9 Å². The van der Waals surface area contributed by atoms with Crippen LogP contribution in [0.4, 0.5) is 4.79 Å². The van der Waals surface area contributed by atoms with Gasteiger partial charge in [0.25, 0.3) is 5.91 Å². The van der Waals surface area contributed by atoms with Crippen LogP contribution >= 0.6 is 15.9 Å². The van der Waals surface area contributed by atoms with Crippen LogP contribution in [0.25, 0.3) is 6.08 Å². The minimum absolute atomic E-state index is 0.0657. The van der Waals surface area contributed by atoms with Gasteiger partial charge >= 0.3 is 6.03 Å². The van der Waals surface area contributed by atoms with E-state index in [2.05, 4.69) is 21.2 Å². The van der Waals surface area contributed by atoms with E-state index < -0.39 is 6.03 Å². The number of amides is 3. The normalized spacial score (nSPS) is 16.1. The van der Waals surface area contributed by atoms with Crippen molar-refractivity contribution in [1.82, 2.24) is 10.2 Å². The monoisotopic (exact) mass is 458 g/mol. The first-order chi connectivity index (χ1) is 13.9. The molecule has 0 saturated carbocycles. The first-order valence-corrected chi connectivity index (χ1v) is 10.1. The second-order valence-corrected chi connectivity index (χ2v) is 7.67. The van der Waals surface area contributed by atoms with Gasteiger partial charge in [0, 0.05) is 4.47 Å². The lowest BCUT2D eigenvalue weighted by atomic mass is 10.1. The molecule has 0 aliphatic carbocycles. The Hall–Kier alpha value is -2.80. The Morgan fingerprint density at radius 2 is 1.86 bits per heavy atom. The number of rotatable bonds is 7. The summed E-state index contributed by atoms with van der Waals surface area (Å²) < 4.78 is 12.2. The Kier molecular flexibility index (Phi) is 6.59. The molecule has 1 saturated heterocycles. The fourth-order valence-corrected chi connectivity index (χ4v) is 3.09. The number of nitrogens with zero attached hydrogens (tertiary/aromatic N) is 1. The third-order valence-corrected chi connectivity index (χ3v) is 5.15. The van der Waals surface area contributed by atoms with Crippen molar-refractivity contribution in [2.45, 2.75) is 32.9 Å². The van der Waals surface area contributed by atoms with Gasteiger partial charge in [-0.05, 0) is 54.8 Å². The van der Waals surface area contributed by atoms with E-state index in [1.807, 2.05) is 44.2 Å². The van der Waals surface area contributed by atoms with Gasteiger partial charge in [0.15, 0.2) is 11.5 Å². The predicted octanol–water partition coefficient (Wildman–Crippen LogP) is 4.73. The average molecular weight is 459 g/mol. The number of carbonyl (C=O) groups excluding carboxylic acids is 2. The molecule has 1 fully saturated rings. The molecule has 0 unspecified atom stereocenters. The highest BCUT2D eigenvalue weighted by molar-refractivity contribution is 9.10. The first kappa shape index (κ1) is 20.9. The molecule has 1 aliphatic rings. The number of urea groups is 1.